The zero-order chi connectivity index (χ0) is 17.1. The van der Waals surface area contributed by atoms with Gasteiger partial charge in [-0.1, -0.05) is 18.2 Å². The number of carbonyl (C=O) groups excluding carboxylic acids is 1. The molecule has 25 heavy (non-hydrogen) atoms. The van der Waals surface area contributed by atoms with Crippen molar-refractivity contribution < 1.29 is 18.7 Å². The highest BCUT2D eigenvalue weighted by Crippen LogP contribution is 2.24. The molecule has 2 aromatic rings. The van der Waals surface area contributed by atoms with Crippen LogP contribution in [0, 0.1) is 0 Å². The van der Waals surface area contributed by atoms with Gasteiger partial charge in [0.05, 0.1) is 31.4 Å². The molecule has 1 N–H and O–H groups in total. The maximum Gasteiger partial charge on any atom is 0.254 e. The van der Waals surface area contributed by atoms with Crippen molar-refractivity contribution in [1.29, 1.82) is 0 Å². The lowest BCUT2D eigenvalue weighted by atomic mass is 10.0. The Morgan fingerprint density at radius 1 is 1.24 bits per heavy atom. The highest BCUT2D eigenvalue weighted by molar-refractivity contribution is 5.94. The summed E-state index contributed by atoms with van der Waals surface area (Å²) in [4.78, 5) is 14.7. The van der Waals surface area contributed by atoms with Gasteiger partial charge in [-0.2, -0.15) is 0 Å². The van der Waals surface area contributed by atoms with E-state index in [9.17, 15) is 4.79 Å². The van der Waals surface area contributed by atoms with E-state index in [0.29, 0.717) is 18.7 Å². The maximum atomic E-state index is 12.5. The molecule has 6 heteroatoms. The summed E-state index contributed by atoms with van der Waals surface area (Å²) in [6.45, 7) is 4.47. The molecule has 0 spiro atoms. The number of amides is 1. The predicted octanol–water partition coefficient (Wildman–Crippen LogP) is 1.85. The van der Waals surface area contributed by atoms with E-state index in [1.165, 1.54) is 6.26 Å². The van der Waals surface area contributed by atoms with Gasteiger partial charge in [0.1, 0.15) is 24.4 Å². The number of para-hydroxylation sites is 1. The molecule has 132 valence electrons. The molecule has 1 aromatic heterocycles. The smallest absolute Gasteiger partial charge is 0.254 e. The van der Waals surface area contributed by atoms with Gasteiger partial charge in [-0.25, -0.2) is 0 Å². The Kier molecular flexibility index (Phi) is 4.72. The molecular formula is C19H22N2O4. The molecule has 0 saturated carbocycles. The molecular weight excluding hydrogens is 320 g/mol. The quantitative estimate of drug-likeness (QED) is 0.919. The van der Waals surface area contributed by atoms with Crippen molar-refractivity contribution in [2.45, 2.75) is 19.0 Å². The zero-order valence-electron chi connectivity index (χ0n) is 14.1. The topological polar surface area (TPSA) is 63.9 Å². The molecule has 6 nitrogen and oxygen atoms in total. The number of morpholine rings is 1. The van der Waals surface area contributed by atoms with Gasteiger partial charge >= 0.3 is 0 Å². The minimum absolute atomic E-state index is 0.0278. The summed E-state index contributed by atoms with van der Waals surface area (Å²) in [5.41, 5.74) is 1.68. The van der Waals surface area contributed by atoms with E-state index in [1.807, 2.05) is 30.3 Å². The Morgan fingerprint density at radius 3 is 2.96 bits per heavy atom. The van der Waals surface area contributed by atoms with Crippen molar-refractivity contribution in [1.82, 2.24) is 10.2 Å². The fraction of sp³-hybridized carbons (Fsp3) is 0.421. The lowest BCUT2D eigenvalue weighted by Crippen LogP contribution is -2.42. The summed E-state index contributed by atoms with van der Waals surface area (Å²) >= 11 is 0. The van der Waals surface area contributed by atoms with Gasteiger partial charge in [-0.3, -0.25) is 9.69 Å². The summed E-state index contributed by atoms with van der Waals surface area (Å²) < 4.78 is 16.6. The Hall–Kier alpha value is -2.31. The molecule has 0 unspecified atom stereocenters. The fourth-order valence-electron chi connectivity index (χ4n) is 3.25. The van der Waals surface area contributed by atoms with Crippen LogP contribution >= 0.6 is 0 Å². The molecule has 2 aliphatic heterocycles. The van der Waals surface area contributed by atoms with E-state index in [2.05, 4.69) is 10.2 Å². The van der Waals surface area contributed by atoms with Crippen molar-refractivity contribution in [3.8, 4) is 5.75 Å². The molecule has 1 amide bonds. The number of nitrogens with one attached hydrogen (secondary N) is 1. The lowest BCUT2D eigenvalue weighted by molar-refractivity contribution is 0.0313. The molecule has 3 heterocycles. The molecule has 1 fully saturated rings. The maximum absolute atomic E-state index is 12.5. The van der Waals surface area contributed by atoms with Crippen LogP contribution in [0.3, 0.4) is 0 Å². The van der Waals surface area contributed by atoms with Crippen LogP contribution in [0.25, 0.3) is 0 Å². The first kappa shape index (κ1) is 16.2. The van der Waals surface area contributed by atoms with Crippen LogP contribution in [-0.4, -0.2) is 49.8 Å². The Bertz CT molecular complexity index is 737. The van der Waals surface area contributed by atoms with Crippen LogP contribution in [0.15, 0.2) is 41.0 Å². The summed E-state index contributed by atoms with van der Waals surface area (Å²) in [6.07, 6.45) is 2.31. The average molecular weight is 342 g/mol. The van der Waals surface area contributed by atoms with Crippen LogP contribution in [0.1, 0.15) is 21.7 Å². The standard InChI is InChI=1S/C19H22N2O4/c22-19(20-16-9-14-3-1-2-4-18(14)25-13-16)15-10-17(24-12-15)11-21-5-7-23-8-6-21/h1-4,10,12,16H,5-9,11,13H2,(H,20,22)/t16-/m0/s1. The first-order valence-electron chi connectivity index (χ1n) is 8.67. The van der Waals surface area contributed by atoms with E-state index in [-0.39, 0.29) is 11.9 Å². The minimum atomic E-state index is -0.120. The number of carbonyl (C=O) groups is 1. The summed E-state index contributed by atoms with van der Waals surface area (Å²) in [7, 11) is 0. The van der Waals surface area contributed by atoms with Gasteiger partial charge in [-0.05, 0) is 24.1 Å². The van der Waals surface area contributed by atoms with Gasteiger partial charge in [0.15, 0.2) is 0 Å². The normalized spacial score (nSPS) is 20.6. The third kappa shape index (κ3) is 3.86. The first-order valence-corrected chi connectivity index (χ1v) is 8.67. The van der Waals surface area contributed by atoms with Crippen molar-refractivity contribution in [3.63, 3.8) is 0 Å². The number of nitrogens with zero attached hydrogens (tertiary/aromatic N) is 1. The fourth-order valence-corrected chi connectivity index (χ4v) is 3.25. The third-order valence-electron chi connectivity index (χ3n) is 4.61. The second kappa shape index (κ2) is 7.29. The lowest BCUT2D eigenvalue weighted by Gasteiger charge is -2.25. The summed E-state index contributed by atoms with van der Waals surface area (Å²) in [5.74, 6) is 1.59. The second-order valence-electron chi connectivity index (χ2n) is 6.48. The Balaban J connectivity index is 1.34. The van der Waals surface area contributed by atoms with Crippen LogP contribution in [0.2, 0.25) is 0 Å². The van der Waals surface area contributed by atoms with E-state index in [1.54, 1.807) is 0 Å². The van der Waals surface area contributed by atoms with Gasteiger partial charge < -0.3 is 19.2 Å². The first-order chi connectivity index (χ1) is 12.3. The number of rotatable bonds is 4. The number of fused-ring (bicyclic) bond motifs is 1. The second-order valence-corrected chi connectivity index (χ2v) is 6.48. The highest BCUT2D eigenvalue weighted by atomic mass is 16.5. The Morgan fingerprint density at radius 2 is 2.08 bits per heavy atom. The van der Waals surface area contributed by atoms with Crippen molar-refractivity contribution in [2.75, 3.05) is 32.9 Å². The predicted molar refractivity (Wildman–Crippen MR) is 91.7 cm³/mol. The van der Waals surface area contributed by atoms with Gasteiger partial charge in [-0.15, -0.1) is 0 Å². The molecule has 0 bridgehead atoms. The molecule has 0 radical (unpaired) electrons. The number of furan rings is 1. The Labute approximate surface area is 146 Å². The van der Waals surface area contributed by atoms with Crippen molar-refractivity contribution >= 4 is 5.91 Å². The summed E-state index contributed by atoms with van der Waals surface area (Å²) in [5, 5.41) is 3.04. The van der Waals surface area contributed by atoms with Crippen LogP contribution in [-0.2, 0) is 17.7 Å². The molecule has 4 rings (SSSR count). The van der Waals surface area contributed by atoms with E-state index in [0.717, 1.165) is 49.8 Å². The number of ether oxygens (including phenoxy) is 2. The minimum Gasteiger partial charge on any atom is -0.491 e. The van der Waals surface area contributed by atoms with Crippen LogP contribution in [0.4, 0.5) is 0 Å². The van der Waals surface area contributed by atoms with Crippen molar-refractivity contribution in [3.05, 3.63) is 53.5 Å². The third-order valence-corrected chi connectivity index (χ3v) is 4.61. The van der Waals surface area contributed by atoms with Crippen molar-refractivity contribution in [2.24, 2.45) is 0 Å². The number of hydrogen-bond acceptors (Lipinski definition) is 5. The zero-order valence-corrected chi connectivity index (χ0v) is 14.1. The van der Waals surface area contributed by atoms with Gasteiger partial charge in [0, 0.05) is 13.1 Å². The molecule has 0 aliphatic carbocycles. The van der Waals surface area contributed by atoms with E-state index in [4.69, 9.17) is 13.9 Å². The van der Waals surface area contributed by atoms with E-state index >= 15 is 0 Å². The molecule has 1 aromatic carbocycles. The molecule has 1 saturated heterocycles. The molecule has 1 atom stereocenters. The van der Waals surface area contributed by atoms with Crippen LogP contribution < -0.4 is 10.1 Å². The highest BCUT2D eigenvalue weighted by Gasteiger charge is 2.22. The number of benzene rings is 1. The SMILES string of the molecule is O=C(N[C@@H]1COc2ccccc2C1)c1coc(CN2CCOCC2)c1. The largest absolute Gasteiger partial charge is 0.491 e. The monoisotopic (exact) mass is 342 g/mol. The van der Waals surface area contributed by atoms with Crippen LogP contribution in [0.5, 0.6) is 5.75 Å². The molecule has 2 aliphatic rings. The van der Waals surface area contributed by atoms with Gasteiger partial charge in [0.25, 0.3) is 5.91 Å². The van der Waals surface area contributed by atoms with E-state index < -0.39 is 0 Å². The van der Waals surface area contributed by atoms with Gasteiger partial charge in [0.2, 0.25) is 0 Å². The average Bonchev–Trinajstić information content (AvgIpc) is 3.11. The summed E-state index contributed by atoms with van der Waals surface area (Å²) in [6, 6.07) is 9.73. The number of hydrogen-bond donors (Lipinski definition) is 1.